The van der Waals surface area contributed by atoms with Gasteiger partial charge in [0, 0.05) is 74.4 Å². The first-order valence-electron chi connectivity index (χ1n) is 10.8. The Bertz CT molecular complexity index is 1140. The summed E-state index contributed by atoms with van der Waals surface area (Å²) in [6.07, 6.45) is 2.17. The minimum atomic E-state index is -0.179. The van der Waals surface area contributed by atoms with Crippen LogP contribution in [0.25, 0.3) is 10.9 Å². The molecule has 2 heterocycles. The van der Waals surface area contributed by atoms with Crippen molar-refractivity contribution in [2.24, 2.45) is 7.05 Å². The molecule has 1 saturated heterocycles. The number of nitrogens with zero attached hydrogens (tertiary/aromatic N) is 4. The van der Waals surface area contributed by atoms with Crippen molar-refractivity contribution in [3.05, 3.63) is 69.6 Å². The van der Waals surface area contributed by atoms with Gasteiger partial charge in [-0.2, -0.15) is 0 Å². The molecule has 0 unspecified atom stereocenters. The molecule has 1 amide bonds. The van der Waals surface area contributed by atoms with E-state index in [4.69, 9.17) is 0 Å². The molecule has 1 fully saturated rings. The van der Waals surface area contributed by atoms with E-state index in [1.807, 2.05) is 25.2 Å². The standard InChI is InChI=1S/C25H30BrFN4O/c1-28(2)23-15-31(14-20-21(26)10-7-11-22(20)27)13-19(23)18-12-30(5)24-16(18)8-6-9-17(24)25(32)29(3)4/h6-12,19,23H,13-15H2,1-5H3/t19-,23+/m1/s1. The number of halogens is 2. The Labute approximate surface area is 197 Å². The van der Waals surface area contributed by atoms with Gasteiger partial charge in [0.15, 0.2) is 0 Å². The number of likely N-dealkylation sites (N-methyl/N-ethyl adjacent to an activating group) is 1. The van der Waals surface area contributed by atoms with Crippen LogP contribution >= 0.6 is 15.9 Å². The molecule has 0 spiro atoms. The van der Waals surface area contributed by atoms with E-state index < -0.39 is 0 Å². The second kappa shape index (κ2) is 8.96. The number of hydrogen-bond donors (Lipinski definition) is 0. The Balaban J connectivity index is 1.72. The second-order valence-electron chi connectivity index (χ2n) is 9.13. The lowest BCUT2D eigenvalue weighted by molar-refractivity contribution is 0.0829. The normalized spacial score (nSPS) is 19.2. The van der Waals surface area contributed by atoms with Crippen molar-refractivity contribution in [1.29, 1.82) is 0 Å². The lowest BCUT2D eigenvalue weighted by atomic mass is 9.92. The molecule has 0 bridgehead atoms. The van der Waals surface area contributed by atoms with Gasteiger partial charge in [-0.05, 0) is 37.9 Å². The summed E-state index contributed by atoms with van der Waals surface area (Å²) < 4.78 is 17.3. The van der Waals surface area contributed by atoms with Gasteiger partial charge in [0.1, 0.15) is 5.82 Å². The molecule has 1 aromatic heterocycles. The summed E-state index contributed by atoms with van der Waals surface area (Å²) in [5.74, 6) is 0.0788. The fourth-order valence-electron chi connectivity index (χ4n) is 4.94. The highest BCUT2D eigenvalue weighted by molar-refractivity contribution is 9.10. The van der Waals surface area contributed by atoms with Crippen LogP contribution < -0.4 is 0 Å². The number of carbonyl (C=O) groups is 1. The van der Waals surface area contributed by atoms with Gasteiger partial charge >= 0.3 is 0 Å². The Hall–Kier alpha value is -2.22. The highest BCUT2D eigenvalue weighted by Gasteiger charge is 2.37. The van der Waals surface area contributed by atoms with Crippen molar-refractivity contribution in [3.8, 4) is 0 Å². The van der Waals surface area contributed by atoms with E-state index in [0.29, 0.717) is 23.7 Å². The number of benzene rings is 2. The second-order valence-corrected chi connectivity index (χ2v) is 9.98. The van der Waals surface area contributed by atoms with Crippen LogP contribution in [-0.2, 0) is 13.6 Å². The van der Waals surface area contributed by atoms with E-state index in [-0.39, 0.29) is 17.6 Å². The maximum Gasteiger partial charge on any atom is 0.255 e. The smallest absolute Gasteiger partial charge is 0.255 e. The highest BCUT2D eigenvalue weighted by atomic mass is 79.9. The number of rotatable bonds is 5. The number of aryl methyl sites for hydroxylation is 1. The van der Waals surface area contributed by atoms with Crippen LogP contribution in [0, 0.1) is 5.82 Å². The molecule has 1 aliphatic heterocycles. The summed E-state index contributed by atoms with van der Waals surface area (Å²) in [5.41, 5.74) is 3.62. The van der Waals surface area contributed by atoms with Crippen molar-refractivity contribution in [2.75, 3.05) is 41.3 Å². The van der Waals surface area contributed by atoms with Crippen LogP contribution in [0.15, 0.2) is 47.1 Å². The summed E-state index contributed by atoms with van der Waals surface area (Å²) in [6, 6.07) is 11.4. The van der Waals surface area contributed by atoms with E-state index in [2.05, 4.69) is 56.7 Å². The molecular weight excluding hydrogens is 471 g/mol. The van der Waals surface area contributed by atoms with Gasteiger partial charge in [0.05, 0.1) is 11.1 Å². The predicted molar refractivity (Wildman–Crippen MR) is 131 cm³/mol. The molecule has 2 atom stereocenters. The maximum absolute atomic E-state index is 14.5. The lowest BCUT2D eigenvalue weighted by Gasteiger charge is -2.25. The Morgan fingerprint density at radius 1 is 1.12 bits per heavy atom. The third kappa shape index (κ3) is 4.09. The fraction of sp³-hybridized carbons (Fsp3) is 0.400. The van der Waals surface area contributed by atoms with E-state index in [9.17, 15) is 9.18 Å². The molecular formula is C25H30BrFN4O. The molecule has 0 radical (unpaired) electrons. The maximum atomic E-state index is 14.5. The predicted octanol–water partition coefficient (Wildman–Crippen LogP) is 4.31. The van der Waals surface area contributed by atoms with Crippen molar-refractivity contribution in [1.82, 2.24) is 19.3 Å². The zero-order valence-corrected chi connectivity index (χ0v) is 20.9. The molecule has 5 nitrogen and oxygen atoms in total. The number of likely N-dealkylation sites (tertiary alicyclic amines) is 1. The molecule has 4 rings (SSSR count). The van der Waals surface area contributed by atoms with Crippen molar-refractivity contribution < 1.29 is 9.18 Å². The minimum absolute atomic E-state index is 0.00459. The number of aromatic nitrogens is 1. The van der Waals surface area contributed by atoms with Crippen molar-refractivity contribution >= 4 is 32.7 Å². The Morgan fingerprint density at radius 2 is 1.84 bits per heavy atom. The average molecular weight is 501 g/mol. The molecule has 7 heteroatoms. The summed E-state index contributed by atoms with van der Waals surface area (Å²) in [5, 5.41) is 1.12. The van der Waals surface area contributed by atoms with Gasteiger partial charge < -0.3 is 14.4 Å². The summed E-state index contributed by atoms with van der Waals surface area (Å²) >= 11 is 3.51. The third-order valence-electron chi connectivity index (χ3n) is 6.54. The van der Waals surface area contributed by atoms with Gasteiger partial charge in [-0.1, -0.05) is 34.1 Å². The summed E-state index contributed by atoms with van der Waals surface area (Å²) in [4.78, 5) is 19.0. The fourth-order valence-corrected chi connectivity index (χ4v) is 5.41. The van der Waals surface area contributed by atoms with E-state index in [0.717, 1.165) is 28.5 Å². The number of para-hydroxylation sites is 1. The van der Waals surface area contributed by atoms with Crippen molar-refractivity contribution in [2.45, 2.75) is 18.5 Å². The van der Waals surface area contributed by atoms with Crippen LogP contribution in [0.5, 0.6) is 0 Å². The highest BCUT2D eigenvalue weighted by Crippen LogP contribution is 2.37. The van der Waals surface area contributed by atoms with Crippen LogP contribution in [-0.4, -0.2) is 72.5 Å². The van der Waals surface area contributed by atoms with Crippen LogP contribution in [0.3, 0.4) is 0 Å². The van der Waals surface area contributed by atoms with Crippen LogP contribution in [0.1, 0.15) is 27.4 Å². The molecule has 170 valence electrons. The number of carbonyl (C=O) groups excluding carboxylic acids is 1. The first-order valence-corrected chi connectivity index (χ1v) is 11.6. The van der Waals surface area contributed by atoms with Crippen LogP contribution in [0.4, 0.5) is 4.39 Å². The first-order chi connectivity index (χ1) is 15.2. The van der Waals surface area contributed by atoms with Gasteiger partial charge in [-0.25, -0.2) is 4.39 Å². The Morgan fingerprint density at radius 3 is 2.50 bits per heavy atom. The monoisotopic (exact) mass is 500 g/mol. The molecule has 1 aliphatic rings. The molecule has 32 heavy (non-hydrogen) atoms. The molecule has 2 aromatic carbocycles. The zero-order valence-electron chi connectivity index (χ0n) is 19.3. The molecule has 0 N–H and O–H groups in total. The van der Waals surface area contributed by atoms with Crippen LogP contribution in [0.2, 0.25) is 0 Å². The van der Waals surface area contributed by atoms with Crippen molar-refractivity contribution in [3.63, 3.8) is 0 Å². The Kier molecular flexibility index (Phi) is 6.43. The number of amides is 1. The lowest BCUT2D eigenvalue weighted by Crippen LogP contribution is -2.34. The van der Waals surface area contributed by atoms with Gasteiger partial charge in [-0.3, -0.25) is 9.69 Å². The number of hydrogen-bond acceptors (Lipinski definition) is 3. The minimum Gasteiger partial charge on any atom is -0.350 e. The summed E-state index contributed by atoms with van der Waals surface area (Å²) in [6.45, 7) is 2.24. The first kappa shape index (κ1) is 23.0. The summed E-state index contributed by atoms with van der Waals surface area (Å²) in [7, 11) is 9.77. The largest absolute Gasteiger partial charge is 0.350 e. The average Bonchev–Trinajstić information content (AvgIpc) is 3.31. The third-order valence-corrected chi connectivity index (χ3v) is 7.28. The molecule has 0 aliphatic carbocycles. The van der Waals surface area contributed by atoms with E-state index in [1.54, 1.807) is 25.1 Å². The van der Waals surface area contributed by atoms with Gasteiger partial charge in [0.25, 0.3) is 5.91 Å². The SMILES string of the molecule is CN(C)C(=O)c1cccc2c([C@H]3CN(Cc4c(F)cccc4Br)C[C@@H]3N(C)C)cn(C)c12. The topological polar surface area (TPSA) is 31.7 Å². The quantitative estimate of drug-likeness (QED) is 0.523. The molecule has 0 saturated carbocycles. The van der Waals surface area contributed by atoms with Gasteiger partial charge in [0.2, 0.25) is 0 Å². The van der Waals surface area contributed by atoms with Gasteiger partial charge in [-0.15, -0.1) is 0 Å². The van der Waals surface area contributed by atoms with E-state index in [1.165, 1.54) is 11.6 Å². The molecule has 3 aromatic rings. The number of fused-ring (bicyclic) bond motifs is 1. The van der Waals surface area contributed by atoms with E-state index >= 15 is 0 Å². The zero-order chi connectivity index (χ0) is 23.2.